The van der Waals surface area contributed by atoms with Gasteiger partial charge in [-0.15, -0.1) is 0 Å². The molecular formula is C16H12Cl2N2O4. The molecule has 8 heteroatoms. The van der Waals surface area contributed by atoms with E-state index in [0.717, 1.165) is 4.90 Å². The number of rotatable bonds is 4. The fourth-order valence-electron chi connectivity index (χ4n) is 2.46. The Labute approximate surface area is 147 Å². The van der Waals surface area contributed by atoms with Crippen LogP contribution >= 0.6 is 23.2 Å². The highest BCUT2D eigenvalue weighted by atomic mass is 35.5. The molecule has 1 aromatic heterocycles. The van der Waals surface area contributed by atoms with Gasteiger partial charge in [0, 0.05) is 0 Å². The van der Waals surface area contributed by atoms with Gasteiger partial charge in [-0.2, -0.15) is 0 Å². The highest BCUT2D eigenvalue weighted by Crippen LogP contribution is 2.32. The number of amides is 3. The summed E-state index contributed by atoms with van der Waals surface area (Å²) >= 11 is 11.8. The minimum Gasteiger partial charge on any atom is -0.467 e. The van der Waals surface area contributed by atoms with Gasteiger partial charge in [0.2, 0.25) is 5.91 Å². The van der Waals surface area contributed by atoms with Gasteiger partial charge in [0.05, 0.1) is 34.0 Å². The molecule has 124 valence electrons. The standard InChI is InChI=1S/C16H12Cl2N2O4/c1-8(14(21)19-7-9-3-2-4-24-9)20-15(22)10-5-12(17)13(18)6-11(10)16(20)23/h2-6,8H,7H2,1H3,(H,19,21). The number of nitrogens with one attached hydrogen (secondary N) is 1. The highest BCUT2D eigenvalue weighted by Gasteiger charge is 2.41. The van der Waals surface area contributed by atoms with Crippen LogP contribution < -0.4 is 5.32 Å². The molecule has 6 nitrogen and oxygen atoms in total. The summed E-state index contributed by atoms with van der Waals surface area (Å²) in [4.78, 5) is 38.1. The summed E-state index contributed by atoms with van der Waals surface area (Å²) in [5, 5.41) is 2.97. The summed E-state index contributed by atoms with van der Waals surface area (Å²) in [7, 11) is 0. The SMILES string of the molecule is CC(C(=O)NCc1ccco1)N1C(=O)c2cc(Cl)c(Cl)cc2C1=O. The van der Waals surface area contributed by atoms with E-state index in [1.165, 1.54) is 25.3 Å². The van der Waals surface area contributed by atoms with Crippen molar-refractivity contribution in [2.45, 2.75) is 19.5 Å². The van der Waals surface area contributed by atoms with E-state index in [1.54, 1.807) is 12.1 Å². The quantitative estimate of drug-likeness (QED) is 0.843. The molecule has 1 N–H and O–H groups in total. The van der Waals surface area contributed by atoms with Gasteiger partial charge < -0.3 is 9.73 Å². The molecule has 1 unspecified atom stereocenters. The Morgan fingerprint density at radius 1 is 1.21 bits per heavy atom. The molecular weight excluding hydrogens is 355 g/mol. The average Bonchev–Trinajstić information content (AvgIpc) is 3.14. The lowest BCUT2D eigenvalue weighted by Crippen LogP contribution is -2.47. The van der Waals surface area contributed by atoms with Crippen LogP contribution in [-0.4, -0.2) is 28.7 Å². The molecule has 0 bridgehead atoms. The third kappa shape index (κ3) is 2.79. The Kier molecular flexibility index (Phi) is 4.34. The summed E-state index contributed by atoms with van der Waals surface area (Å²) in [6, 6.07) is 5.10. The maximum atomic E-state index is 12.5. The summed E-state index contributed by atoms with van der Waals surface area (Å²) in [5.41, 5.74) is 0.278. The number of benzene rings is 1. The second-order valence-electron chi connectivity index (χ2n) is 5.27. The first-order valence-corrected chi connectivity index (χ1v) is 7.82. The molecule has 2 heterocycles. The molecule has 0 saturated carbocycles. The van der Waals surface area contributed by atoms with Crippen LogP contribution in [0.3, 0.4) is 0 Å². The molecule has 0 spiro atoms. The molecule has 1 aliphatic heterocycles. The lowest BCUT2D eigenvalue weighted by molar-refractivity contribution is -0.124. The summed E-state index contributed by atoms with van der Waals surface area (Å²) in [5.74, 6) is -1.06. The zero-order valence-electron chi connectivity index (χ0n) is 12.5. The van der Waals surface area contributed by atoms with Crippen LogP contribution in [0.2, 0.25) is 10.0 Å². The van der Waals surface area contributed by atoms with E-state index in [0.29, 0.717) is 5.76 Å². The molecule has 0 fully saturated rings. The molecule has 0 radical (unpaired) electrons. The Balaban J connectivity index is 1.78. The minimum atomic E-state index is -0.982. The highest BCUT2D eigenvalue weighted by molar-refractivity contribution is 6.43. The van der Waals surface area contributed by atoms with E-state index >= 15 is 0 Å². The van der Waals surface area contributed by atoms with Gasteiger partial charge >= 0.3 is 0 Å². The van der Waals surface area contributed by atoms with Crippen LogP contribution in [0.15, 0.2) is 34.9 Å². The minimum absolute atomic E-state index is 0.139. The lowest BCUT2D eigenvalue weighted by atomic mass is 10.1. The van der Waals surface area contributed by atoms with E-state index in [1.807, 2.05) is 0 Å². The van der Waals surface area contributed by atoms with Crippen molar-refractivity contribution in [3.8, 4) is 0 Å². The third-order valence-corrected chi connectivity index (χ3v) is 4.46. The van der Waals surface area contributed by atoms with Crippen LogP contribution in [0.25, 0.3) is 0 Å². The fourth-order valence-corrected chi connectivity index (χ4v) is 2.78. The number of furan rings is 1. The first-order valence-electron chi connectivity index (χ1n) is 7.07. The molecule has 1 aliphatic rings. The Bertz CT molecular complexity index is 792. The third-order valence-electron chi connectivity index (χ3n) is 3.74. The van der Waals surface area contributed by atoms with E-state index in [2.05, 4.69) is 5.32 Å². The van der Waals surface area contributed by atoms with Gasteiger partial charge in [-0.1, -0.05) is 23.2 Å². The second-order valence-corrected chi connectivity index (χ2v) is 6.08. The van der Waals surface area contributed by atoms with E-state index < -0.39 is 23.8 Å². The number of nitrogens with zero attached hydrogens (tertiary/aromatic N) is 1. The number of halogens is 2. The molecule has 3 rings (SSSR count). The number of hydrogen-bond donors (Lipinski definition) is 1. The second kappa shape index (κ2) is 6.30. The lowest BCUT2D eigenvalue weighted by Gasteiger charge is -2.21. The van der Waals surface area contributed by atoms with Crippen molar-refractivity contribution in [2.24, 2.45) is 0 Å². The number of imide groups is 1. The Morgan fingerprint density at radius 3 is 2.29 bits per heavy atom. The van der Waals surface area contributed by atoms with Crippen molar-refractivity contribution in [3.05, 3.63) is 57.5 Å². The van der Waals surface area contributed by atoms with Gasteiger partial charge in [0.25, 0.3) is 11.8 Å². The van der Waals surface area contributed by atoms with Crippen LogP contribution in [0.1, 0.15) is 33.4 Å². The van der Waals surface area contributed by atoms with E-state index in [4.69, 9.17) is 27.6 Å². The van der Waals surface area contributed by atoms with Gasteiger partial charge in [-0.05, 0) is 31.2 Å². The summed E-state index contributed by atoms with van der Waals surface area (Å²) < 4.78 is 5.12. The molecule has 3 amide bonds. The zero-order valence-corrected chi connectivity index (χ0v) is 14.0. The summed E-state index contributed by atoms with van der Waals surface area (Å²) in [6.07, 6.45) is 1.49. The number of hydrogen-bond acceptors (Lipinski definition) is 4. The predicted octanol–water partition coefficient (Wildman–Crippen LogP) is 2.89. The van der Waals surface area contributed by atoms with Crippen molar-refractivity contribution in [1.29, 1.82) is 0 Å². The largest absolute Gasteiger partial charge is 0.467 e. The maximum Gasteiger partial charge on any atom is 0.262 e. The van der Waals surface area contributed by atoms with Gasteiger partial charge in [0.1, 0.15) is 11.8 Å². The average molecular weight is 367 g/mol. The number of carbonyl (C=O) groups excluding carboxylic acids is 3. The summed E-state index contributed by atoms with van der Waals surface area (Å²) in [6.45, 7) is 1.64. The van der Waals surface area contributed by atoms with Crippen molar-refractivity contribution in [3.63, 3.8) is 0 Å². The number of carbonyl (C=O) groups is 3. The monoisotopic (exact) mass is 366 g/mol. The van der Waals surface area contributed by atoms with Crippen molar-refractivity contribution < 1.29 is 18.8 Å². The van der Waals surface area contributed by atoms with Crippen LogP contribution in [-0.2, 0) is 11.3 Å². The first kappa shape index (κ1) is 16.5. The normalized spacial score (nSPS) is 14.7. The van der Waals surface area contributed by atoms with E-state index in [9.17, 15) is 14.4 Å². The van der Waals surface area contributed by atoms with Gasteiger partial charge in [0.15, 0.2) is 0 Å². The smallest absolute Gasteiger partial charge is 0.262 e. The molecule has 1 atom stereocenters. The molecule has 24 heavy (non-hydrogen) atoms. The van der Waals surface area contributed by atoms with Crippen LogP contribution in [0, 0.1) is 0 Å². The van der Waals surface area contributed by atoms with Gasteiger partial charge in [-0.3, -0.25) is 19.3 Å². The maximum absolute atomic E-state index is 12.5. The predicted molar refractivity (Wildman–Crippen MR) is 87.0 cm³/mol. The first-order chi connectivity index (χ1) is 11.4. The van der Waals surface area contributed by atoms with Crippen LogP contribution in [0.5, 0.6) is 0 Å². The molecule has 0 aliphatic carbocycles. The van der Waals surface area contributed by atoms with Gasteiger partial charge in [-0.25, -0.2) is 0 Å². The molecule has 0 saturated heterocycles. The van der Waals surface area contributed by atoms with Crippen molar-refractivity contribution in [2.75, 3.05) is 0 Å². The molecule has 2 aromatic rings. The Hall–Kier alpha value is -2.31. The zero-order chi connectivity index (χ0) is 17.4. The molecule has 1 aromatic carbocycles. The topological polar surface area (TPSA) is 79.6 Å². The van der Waals surface area contributed by atoms with E-state index in [-0.39, 0.29) is 27.7 Å². The van der Waals surface area contributed by atoms with Crippen LogP contribution in [0.4, 0.5) is 0 Å². The Morgan fingerprint density at radius 2 is 1.79 bits per heavy atom. The van der Waals surface area contributed by atoms with Crippen molar-refractivity contribution >= 4 is 40.9 Å². The van der Waals surface area contributed by atoms with Crippen molar-refractivity contribution in [1.82, 2.24) is 10.2 Å². The number of fused-ring (bicyclic) bond motifs is 1. The fraction of sp³-hybridized carbons (Fsp3) is 0.188.